The Labute approximate surface area is 105 Å². The van der Waals surface area contributed by atoms with Crippen LogP contribution in [0.4, 0.5) is 5.69 Å². The van der Waals surface area contributed by atoms with Gasteiger partial charge in [0.05, 0.1) is 0 Å². The molecule has 0 spiro atoms. The molecule has 0 radical (unpaired) electrons. The van der Waals surface area contributed by atoms with Crippen molar-refractivity contribution in [1.29, 1.82) is 0 Å². The van der Waals surface area contributed by atoms with Crippen LogP contribution in [0.2, 0.25) is 0 Å². The van der Waals surface area contributed by atoms with E-state index in [-0.39, 0.29) is 0 Å². The van der Waals surface area contributed by atoms with E-state index in [2.05, 4.69) is 49.2 Å². The molecular weight excluding hydrogens is 208 g/mol. The molecule has 0 atom stereocenters. The van der Waals surface area contributed by atoms with Crippen LogP contribution in [0.3, 0.4) is 0 Å². The minimum Gasteiger partial charge on any atom is -0.371 e. The van der Waals surface area contributed by atoms with Crippen molar-refractivity contribution in [2.75, 3.05) is 24.5 Å². The molecule has 0 aromatic heterocycles. The van der Waals surface area contributed by atoms with E-state index in [0.29, 0.717) is 6.04 Å². The lowest BCUT2D eigenvalue weighted by molar-refractivity contribution is 0.567. The fourth-order valence-corrected chi connectivity index (χ4v) is 2.49. The van der Waals surface area contributed by atoms with Crippen LogP contribution in [-0.4, -0.2) is 25.7 Å². The number of aryl methyl sites for hydroxylation is 1. The Morgan fingerprint density at radius 3 is 2.94 bits per heavy atom. The van der Waals surface area contributed by atoms with Crippen molar-refractivity contribution < 1.29 is 0 Å². The zero-order chi connectivity index (χ0) is 12.3. The molecule has 2 rings (SSSR count). The molecule has 1 aliphatic rings. The van der Waals surface area contributed by atoms with Gasteiger partial charge in [0, 0.05) is 24.8 Å². The second-order valence-electron chi connectivity index (χ2n) is 5.33. The normalized spacial score (nSPS) is 14.5. The predicted molar refractivity (Wildman–Crippen MR) is 74.9 cm³/mol. The Bertz CT molecular complexity index is 371. The third kappa shape index (κ3) is 3.22. The van der Waals surface area contributed by atoms with Gasteiger partial charge in [0.25, 0.3) is 0 Å². The highest BCUT2D eigenvalue weighted by Crippen LogP contribution is 2.28. The lowest BCUT2D eigenvalue weighted by Crippen LogP contribution is -2.28. The molecule has 2 heteroatoms. The molecule has 94 valence electrons. The van der Waals surface area contributed by atoms with Gasteiger partial charge < -0.3 is 10.2 Å². The fourth-order valence-electron chi connectivity index (χ4n) is 2.49. The number of anilines is 1. The first-order valence-corrected chi connectivity index (χ1v) is 6.74. The Morgan fingerprint density at radius 1 is 1.35 bits per heavy atom. The summed E-state index contributed by atoms with van der Waals surface area (Å²) in [5.41, 5.74) is 4.37. The molecular formula is C15H24N2. The van der Waals surface area contributed by atoms with Crippen LogP contribution in [0.1, 0.15) is 31.4 Å². The summed E-state index contributed by atoms with van der Waals surface area (Å²) in [5, 5.41) is 3.48. The molecule has 1 heterocycles. The molecule has 1 N–H and O–H groups in total. The second kappa shape index (κ2) is 5.54. The molecule has 17 heavy (non-hydrogen) atoms. The Hall–Kier alpha value is -1.02. The van der Waals surface area contributed by atoms with Crippen molar-refractivity contribution in [2.24, 2.45) is 0 Å². The summed E-state index contributed by atoms with van der Waals surface area (Å²) < 4.78 is 0. The molecule has 0 saturated carbocycles. The molecule has 1 aromatic carbocycles. The van der Waals surface area contributed by atoms with E-state index >= 15 is 0 Å². The molecule has 0 bridgehead atoms. The summed E-state index contributed by atoms with van der Waals surface area (Å²) in [4.78, 5) is 2.52. The largest absolute Gasteiger partial charge is 0.371 e. The summed E-state index contributed by atoms with van der Waals surface area (Å²) in [5.74, 6) is 0. The first-order valence-electron chi connectivity index (χ1n) is 6.74. The highest BCUT2D eigenvalue weighted by atomic mass is 15.1. The number of fused-ring (bicyclic) bond motifs is 1. The summed E-state index contributed by atoms with van der Waals surface area (Å²) in [6.45, 7) is 10.1. The lowest BCUT2D eigenvalue weighted by Gasteiger charge is -2.20. The molecule has 0 aliphatic carbocycles. The van der Waals surface area contributed by atoms with Crippen molar-refractivity contribution in [3.8, 4) is 0 Å². The number of hydrogen-bond donors (Lipinski definition) is 1. The van der Waals surface area contributed by atoms with Gasteiger partial charge in [0.15, 0.2) is 0 Å². The van der Waals surface area contributed by atoms with Crippen molar-refractivity contribution in [1.82, 2.24) is 5.32 Å². The van der Waals surface area contributed by atoms with Crippen LogP contribution in [0.5, 0.6) is 0 Å². The maximum absolute atomic E-state index is 3.48. The molecule has 2 nitrogen and oxygen atoms in total. The van der Waals surface area contributed by atoms with Crippen LogP contribution in [0, 0.1) is 6.92 Å². The molecule has 0 saturated heterocycles. The zero-order valence-electron chi connectivity index (χ0n) is 11.3. The van der Waals surface area contributed by atoms with Gasteiger partial charge in [-0.05, 0) is 37.9 Å². The van der Waals surface area contributed by atoms with Crippen LogP contribution >= 0.6 is 0 Å². The van der Waals surface area contributed by atoms with E-state index in [0.717, 1.165) is 6.54 Å². The summed E-state index contributed by atoms with van der Waals surface area (Å²) >= 11 is 0. The van der Waals surface area contributed by atoms with Crippen molar-refractivity contribution in [3.63, 3.8) is 0 Å². The minimum atomic E-state index is 0.600. The Kier molecular flexibility index (Phi) is 4.06. The number of nitrogens with zero attached hydrogens (tertiary/aromatic N) is 1. The van der Waals surface area contributed by atoms with Gasteiger partial charge in [-0.3, -0.25) is 0 Å². The summed E-state index contributed by atoms with van der Waals surface area (Å²) in [7, 11) is 0. The van der Waals surface area contributed by atoms with Gasteiger partial charge in [-0.15, -0.1) is 0 Å². The Balaban J connectivity index is 1.85. The van der Waals surface area contributed by atoms with E-state index in [4.69, 9.17) is 0 Å². The molecule has 0 fully saturated rings. The maximum Gasteiger partial charge on any atom is 0.0399 e. The minimum absolute atomic E-state index is 0.600. The average molecular weight is 232 g/mol. The number of hydrogen-bond acceptors (Lipinski definition) is 2. The highest BCUT2D eigenvalue weighted by molar-refractivity contribution is 5.58. The highest BCUT2D eigenvalue weighted by Gasteiger charge is 2.17. The molecule has 1 aromatic rings. The SMILES string of the molecule is Cc1ccc2c(c1)CCN2CCCNC(C)C. The van der Waals surface area contributed by atoms with Gasteiger partial charge in [-0.1, -0.05) is 31.5 Å². The summed E-state index contributed by atoms with van der Waals surface area (Å²) in [6, 6.07) is 7.45. The van der Waals surface area contributed by atoms with Gasteiger partial charge in [0.1, 0.15) is 0 Å². The number of rotatable bonds is 5. The van der Waals surface area contributed by atoms with Crippen molar-refractivity contribution in [3.05, 3.63) is 29.3 Å². The monoisotopic (exact) mass is 232 g/mol. The van der Waals surface area contributed by atoms with Crippen molar-refractivity contribution >= 4 is 5.69 Å². The first-order chi connectivity index (χ1) is 8.16. The van der Waals surface area contributed by atoms with Gasteiger partial charge in [-0.25, -0.2) is 0 Å². The number of benzene rings is 1. The summed E-state index contributed by atoms with van der Waals surface area (Å²) in [6.07, 6.45) is 2.44. The van der Waals surface area contributed by atoms with E-state index in [1.165, 1.54) is 42.7 Å². The van der Waals surface area contributed by atoms with E-state index in [1.807, 2.05) is 0 Å². The predicted octanol–water partition coefficient (Wildman–Crippen LogP) is 2.75. The average Bonchev–Trinajstić information content (AvgIpc) is 2.66. The zero-order valence-corrected chi connectivity index (χ0v) is 11.3. The molecule has 1 aliphatic heterocycles. The smallest absolute Gasteiger partial charge is 0.0399 e. The van der Waals surface area contributed by atoms with Crippen LogP contribution in [0.25, 0.3) is 0 Å². The topological polar surface area (TPSA) is 15.3 Å². The fraction of sp³-hybridized carbons (Fsp3) is 0.600. The standard InChI is InChI=1S/C15H24N2/c1-12(2)16-8-4-9-17-10-7-14-11-13(3)5-6-15(14)17/h5-6,11-12,16H,4,7-10H2,1-3H3. The Morgan fingerprint density at radius 2 is 2.18 bits per heavy atom. The van der Waals surface area contributed by atoms with Gasteiger partial charge >= 0.3 is 0 Å². The van der Waals surface area contributed by atoms with Gasteiger partial charge in [-0.2, -0.15) is 0 Å². The first kappa shape index (κ1) is 12.4. The van der Waals surface area contributed by atoms with E-state index in [9.17, 15) is 0 Å². The maximum atomic E-state index is 3.48. The number of nitrogens with one attached hydrogen (secondary N) is 1. The van der Waals surface area contributed by atoms with Crippen molar-refractivity contribution in [2.45, 2.75) is 39.7 Å². The second-order valence-corrected chi connectivity index (χ2v) is 5.33. The van der Waals surface area contributed by atoms with E-state index < -0.39 is 0 Å². The third-order valence-electron chi connectivity index (χ3n) is 3.38. The van der Waals surface area contributed by atoms with Crippen LogP contribution in [-0.2, 0) is 6.42 Å². The third-order valence-corrected chi connectivity index (χ3v) is 3.38. The van der Waals surface area contributed by atoms with Crippen LogP contribution in [0.15, 0.2) is 18.2 Å². The molecule has 0 amide bonds. The van der Waals surface area contributed by atoms with E-state index in [1.54, 1.807) is 0 Å². The lowest BCUT2D eigenvalue weighted by atomic mass is 10.1. The van der Waals surface area contributed by atoms with Crippen LogP contribution < -0.4 is 10.2 Å². The quantitative estimate of drug-likeness (QED) is 0.785. The molecule has 0 unspecified atom stereocenters. The van der Waals surface area contributed by atoms with Gasteiger partial charge in [0.2, 0.25) is 0 Å².